The van der Waals surface area contributed by atoms with Crippen molar-refractivity contribution in [3.8, 4) is 0 Å². The molecule has 0 aromatic heterocycles. The minimum atomic E-state index is -1.10. The van der Waals surface area contributed by atoms with Gasteiger partial charge in [-0.2, -0.15) is 0 Å². The van der Waals surface area contributed by atoms with Crippen LogP contribution in [0.2, 0.25) is 5.02 Å². The summed E-state index contributed by atoms with van der Waals surface area (Å²) in [7, 11) is 0. The first-order chi connectivity index (χ1) is 7.45. The zero-order valence-electron chi connectivity index (χ0n) is 8.50. The second-order valence-electron chi connectivity index (χ2n) is 3.16. The second kappa shape index (κ2) is 5.18. The van der Waals surface area contributed by atoms with E-state index in [0.717, 1.165) is 0 Å². The summed E-state index contributed by atoms with van der Waals surface area (Å²) >= 11 is 11.3. The SMILES string of the molecule is Cc1cc(Cl)cc(C(=O)O)c1N=C(N)CCl. The van der Waals surface area contributed by atoms with Gasteiger partial charge in [-0.05, 0) is 24.6 Å². The van der Waals surface area contributed by atoms with Gasteiger partial charge in [0, 0.05) is 5.02 Å². The number of rotatable bonds is 3. The Balaban J connectivity index is 3.41. The molecule has 0 aliphatic rings. The van der Waals surface area contributed by atoms with E-state index in [0.29, 0.717) is 10.6 Å². The molecule has 0 unspecified atom stereocenters. The number of carboxylic acid groups (broad SMARTS) is 1. The number of amidine groups is 1. The molecule has 3 N–H and O–H groups in total. The van der Waals surface area contributed by atoms with Crippen molar-refractivity contribution in [1.29, 1.82) is 0 Å². The molecule has 86 valence electrons. The van der Waals surface area contributed by atoms with Crippen LogP contribution >= 0.6 is 23.2 Å². The molecule has 1 aromatic rings. The van der Waals surface area contributed by atoms with E-state index in [2.05, 4.69) is 4.99 Å². The maximum Gasteiger partial charge on any atom is 0.337 e. The highest BCUT2D eigenvalue weighted by atomic mass is 35.5. The van der Waals surface area contributed by atoms with Crippen LogP contribution in [0.5, 0.6) is 0 Å². The maximum absolute atomic E-state index is 11.0. The lowest BCUT2D eigenvalue weighted by Gasteiger charge is -2.06. The van der Waals surface area contributed by atoms with Crippen LogP contribution in [-0.4, -0.2) is 22.8 Å². The summed E-state index contributed by atoms with van der Waals surface area (Å²) in [5.74, 6) is -0.900. The molecule has 0 saturated carbocycles. The van der Waals surface area contributed by atoms with E-state index in [1.54, 1.807) is 13.0 Å². The van der Waals surface area contributed by atoms with Gasteiger partial charge in [0.15, 0.2) is 0 Å². The van der Waals surface area contributed by atoms with Crippen molar-refractivity contribution in [2.24, 2.45) is 10.7 Å². The molecule has 0 amide bonds. The van der Waals surface area contributed by atoms with E-state index in [1.807, 2.05) is 0 Å². The second-order valence-corrected chi connectivity index (χ2v) is 3.86. The molecule has 1 aromatic carbocycles. The van der Waals surface area contributed by atoms with Gasteiger partial charge in [0.05, 0.1) is 17.1 Å². The number of hydrogen-bond acceptors (Lipinski definition) is 2. The highest BCUT2D eigenvalue weighted by Gasteiger charge is 2.13. The van der Waals surface area contributed by atoms with Gasteiger partial charge in [0.2, 0.25) is 0 Å². The zero-order valence-corrected chi connectivity index (χ0v) is 10.0. The summed E-state index contributed by atoms with van der Waals surface area (Å²) in [5.41, 5.74) is 6.41. The number of nitrogens with zero attached hydrogens (tertiary/aromatic N) is 1. The molecule has 16 heavy (non-hydrogen) atoms. The van der Waals surface area contributed by atoms with Gasteiger partial charge in [-0.1, -0.05) is 11.6 Å². The third-order valence-corrected chi connectivity index (χ3v) is 2.38. The zero-order chi connectivity index (χ0) is 12.3. The smallest absolute Gasteiger partial charge is 0.337 e. The van der Waals surface area contributed by atoms with Crippen LogP contribution in [0.3, 0.4) is 0 Å². The number of hydrogen-bond donors (Lipinski definition) is 2. The Morgan fingerprint density at radius 2 is 2.19 bits per heavy atom. The van der Waals surface area contributed by atoms with E-state index < -0.39 is 5.97 Å². The largest absolute Gasteiger partial charge is 0.478 e. The molecular formula is C10H10Cl2N2O2. The number of benzene rings is 1. The van der Waals surface area contributed by atoms with Crippen molar-refractivity contribution in [3.63, 3.8) is 0 Å². The van der Waals surface area contributed by atoms with Crippen LogP contribution in [0, 0.1) is 6.92 Å². The minimum absolute atomic E-state index is 0.0121. The summed E-state index contributed by atoms with van der Waals surface area (Å²) in [6.45, 7) is 1.71. The fraction of sp³-hybridized carbons (Fsp3) is 0.200. The number of aliphatic imine (C=N–C) groups is 1. The van der Waals surface area contributed by atoms with Gasteiger partial charge in [-0.25, -0.2) is 9.79 Å². The number of halogens is 2. The minimum Gasteiger partial charge on any atom is -0.478 e. The van der Waals surface area contributed by atoms with E-state index in [-0.39, 0.29) is 23.0 Å². The first kappa shape index (κ1) is 12.8. The molecule has 6 heteroatoms. The number of carboxylic acids is 1. The van der Waals surface area contributed by atoms with E-state index in [1.165, 1.54) is 6.07 Å². The first-order valence-electron chi connectivity index (χ1n) is 4.38. The fourth-order valence-electron chi connectivity index (χ4n) is 1.22. The number of aromatic carboxylic acids is 1. The number of nitrogens with two attached hydrogens (primary N) is 1. The third kappa shape index (κ3) is 2.87. The number of aryl methyl sites for hydroxylation is 1. The average molecular weight is 261 g/mol. The Hall–Kier alpha value is -1.26. The predicted octanol–water partition coefficient (Wildman–Crippen LogP) is 2.57. The molecule has 0 bridgehead atoms. The van der Waals surface area contributed by atoms with Crippen molar-refractivity contribution in [3.05, 3.63) is 28.3 Å². The van der Waals surface area contributed by atoms with Crippen LogP contribution in [0.1, 0.15) is 15.9 Å². The Kier molecular flexibility index (Phi) is 4.15. The lowest BCUT2D eigenvalue weighted by molar-refractivity contribution is 0.0698. The molecular weight excluding hydrogens is 251 g/mol. The molecule has 0 aliphatic heterocycles. The standard InChI is InChI=1S/C10H10Cl2N2O2/c1-5-2-6(12)3-7(10(15)16)9(5)14-8(13)4-11/h2-3H,4H2,1H3,(H2,13,14)(H,15,16). The van der Waals surface area contributed by atoms with E-state index >= 15 is 0 Å². The van der Waals surface area contributed by atoms with Crippen LogP contribution in [0.25, 0.3) is 0 Å². The Labute approximate surface area is 103 Å². The van der Waals surface area contributed by atoms with Gasteiger partial charge in [-0.15, -0.1) is 11.6 Å². The van der Waals surface area contributed by atoms with Crippen molar-refractivity contribution in [1.82, 2.24) is 0 Å². The van der Waals surface area contributed by atoms with Gasteiger partial charge < -0.3 is 10.8 Å². The molecule has 1 rings (SSSR count). The monoisotopic (exact) mass is 260 g/mol. The first-order valence-corrected chi connectivity index (χ1v) is 5.29. The molecule has 0 spiro atoms. The van der Waals surface area contributed by atoms with Crippen LogP contribution in [0.4, 0.5) is 5.69 Å². The Morgan fingerprint density at radius 3 is 2.69 bits per heavy atom. The van der Waals surface area contributed by atoms with Crippen LogP contribution < -0.4 is 5.73 Å². The van der Waals surface area contributed by atoms with Crippen LogP contribution in [0.15, 0.2) is 17.1 Å². The molecule has 0 saturated heterocycles. The third-order valence-electron chi connectivity index (χ3n) is 1.89. The molecule has 0 fully saturated rings. The Morgan fingerprint density at radius 1 is 1.56 bits per heavy atom. The average Bonchev–Trinajstić information content (AvgIpc) is 2.20. The van der Waals surface area contributed by atoms with E-state index in [4.69, 9.17) is 34.0 Å². The van der Waals surface area contributed by atoms with Gasteiger partial charge in [0.1, 0.15) is 5.84 Å². The van der Waals surface area contributed by atoms with Gasteiger partial charge in [-0.3, -0.25) is 0 Å². The van der Waals surface area contributed by atoms with Crippen molar-refractivity contribution in [2.75, 3.05) is 5.88 Å². The molecule has 4 nitrogen and oxygen atoms in total. The van der Waals surface area contributed by atoms with Gasteiger partial charge in [0.25, 0.3) is 0 Å². The normalized spacial score (nSPS) is 11.6. The lowest BCUT2D eigenvalue weighted by atomic mass is 10.1. The van der Waals surface area contributed by atoms with Crippen molar-refractivity contribution >= 4 is 40.7 Å². The van der Waals surface area contributed by atoms with E-state index in [9.17, 15) is 4.79 Å². The summed E-state index contributed by atoms with van der Waals surface area (Å²) in [6, 6.07) is 2.95. The number of carbonyl (C=O) groups is 1. The Bertz CT molecular complexity index is 458. The fourth-order valence-corrected chi connectivity index (χ4v) is 1.55. The highest BCUT2D eigenvalue weighted by Crippen LogP contribution is 2.28. The summed E-state index contributed by atoms with van der Waals surface area (Å²) in [5, 5.41) is 9.34. The topological polar surface area (TPSA) is 75.7 Å². The van der Waals surface area contributed by atoms with Gasteiger partial charge >= 0.3 is 5.97 Å². The summed E-state index contributed by atoms with van der Waals surface area (Å²) in [6.07, 6.45) is 0. The molecule has 0 atom stereocenters. The van der Waals surface area contributed by atoms with Crippen molar-refractivity contribution < 1.29 is 9.90 Å². The van der Waals surface area contributed by atoms with Crippen LogP contribution in [-0.2, 0) is 0 Å². The summed E-state index contributed by atoms with van der Waals surface area (Å²) in [4.78, 5) is 15.0. The quantitative estimate of drug-likeness (QED) is 0.498. The lowest BCUT2D eigenvalue weighted by Crippen LogP contribution is -2.13. The maximum atomic E-state index is 11.0. The van der Waals surface area contributed by atoms with Crippen molar-refractivity contribution in [2.45, 2.75) is 6.92 Å². The molecule has 0 heterocycles. The predicted molar refractivity (Wildman–Crippen MR) is 65.2 cm³/mol. The summed E-state index contributed by atoms with van der Waals surface area (Å²) < 4.78 is 0. The molecule has 0 aliphatic carbocycles. The highest BCUT2D eigenvalue weighted by molar-refractivity contribution is 6.31. The molecule has 0 radical (unpaired) electrons. The number of alkyl halides is 1.